The van der Waals surface area contributed by atoms with E-state index < -0.39 is 11.0 Å². The van der Waals surface area contributed by atoms with Crippen molar-refractivity contribution in [3.63, 3.8) is 0 Å². The number of ketones is 1. The SMILES string of the molecule is CC.CC(=O)CCNC(=O)Oc1ccc([N+](=O)[O-])cc1. The summed E-state index contributed by atoms with van der Waals surface area (Å²) in [7, 11) is 0. The Labute approximate surface area is 117 Å². The summed E-state index contributed by atoms with van der Waals surface area (Å²) < 4.78 is 4.85. The van der Waals surface area contributed by atoms with E-state index in [0.29, 0.717) is 0 Å². The van der Waals surface area contributed by atoms with Crippen LogP contribution in [0.2, 0.25) is 0 Å². The van der Waals surface area contributed by atoms with Crippen LogP contribution in [0.5, 0.6) is 5.75 Å². The van der Waals surface area contributed by atoms with Gasteiger partial charge in [0.25, 0.3) is 5.69 Å². The highest BCUT2D eigenvalue weighted by atomic mass is 16.6. The molecule has 1 aromatic carbocycles. The Morgan fingerprint density at radius 2 is 1.80 bits per heavy atom. The molecular formula is C13H18N2O5. The van der Waals surface area contributed by atoms with Crippen molar-refractivity contribution in [3.05, 3.63) is 34.4 Å². The van der Waals surface area contributed by atoms with Gasteiger partial charge in [-0.05, 0) is 19.1 Å². The summed E-state index contributed by atoms with van der Waals surface area (Å²) in [6, 6.07) is 5.11. The number of nitro benzene ring substituents is 1. The van der Waals surface area contributed by atoms with E-state index in [9.17, 15) is 19.7 Å². The van der Waals surface area contributed by atoms with Crippen molar-refractivity contribution in [1.29, 1.82) is 0 Å². The maximum absolute atomic E-state index is 11.2. The number of amides is 1. The average Bonchev–Trinajstić information content (AvgIpc) is 2.41. The molecule has 0 saturated carbocycles. The monoisotopic (exact) mass is 282 g/mol. The maximum atomic E-state index is 11.2. The van der Waals surface area contributed by atoms with E-state index >= 15 is 0 Å². The molecule has 0 atom stereocenters. The molecule has 0 unspecified atom stereocenters. The van der Waals surface area contributed by atoms with E-state index in [1.165, 1.54) is 31.2 Å². The number of hydrogen-bond donors (Lipinski definition) is 1. The van der Waals surface area contributed by atoms with E-state index in [1.807, 2.05) is 13.8 Å². The molecule has 0 radical (unpaired) electrons. The van der Waals surface area contributed by atoms with Crippen molar-refractivity contribution >= 4 is 17.6 Å². The minimum atomic E-state index is -0.704. The molecule has 110 valence electrons. The number of nitro groups is 1. The summed E-state index contributed by atoms with van der Waals surface area (Å²) in [6.07, 6.45) is -0.472. The second kappa shape index (κ2) is 9.48. The van der Waals surface area contributed by atoms with Crippen LogP contribution in [0.15, 0.2) is 24.3 Å². The van der Waals surface area contributed by atoms with E-state index in [0.717, 1.165) is 0 Å². The molecule has 7 heteroatoms. The van der Waals surface area contributed by atoms with Gasteiger partial charge in [-0.3, -0.25) is 14.9 Å². The van der Waals surface area contributed by atoms with Crippen molar-refractivity contribution < 1.29 is 19.2 Å². The third-order valence-electron chi connectivity index (χ3n) is 2.00. The van der Waals surface area contributed by atoms with Gasteiger partial charge < -0.3 is 10.1 Å². The Bertz CT molecular complexity index is 456. The van der Waals surface area contributed by atoms with Crippen LogP contribution < -0.4 is 10.1 Å². The lowest BCUT2D eigenvalue weighted by Gasteiger charge is -2.05. The summed E-state index contributed by atoms with van der Waals surface area (Å²) in [6.45, 7) is 5.62. The molecule has 0 saturated heterocycles. The zero-order chi connectivity index (χ0) is 15.5. The Hall–Kier alpha value is -2.44. The number of hydrogen-bond acceptors (Lipinski definition) is 5. The molecule has 0 heterocycles. The largest absolute Gasteiger partial charge is 0.412 e. The van der Waals surface area contributed by atoms with Gasteiger partial charge in [0.1, 0.15) is 11.5 Å². The van der Waals surface area contributed by atoms with Crippen LogP contribution in [-0.4, -0.2) is 23.3 Å². The van der Waals surface area contributed by atoms with Gasteiger partial charge in [0.05, 0.1) is 4.92 Å². The van der Waals surface area contributed by atoms with Gasteiger partial charge in [-0.2, -0.15) is 0 Å². The zero-order valence-corrected chi connectivity index (χ0v) is 11.7. The Kier molecular flexibility index (Phi) is 8.33. The molecule has 1 aromatic rings. The predicted octanol–water partition coefficient (Wildman–Crippen LogP) is 2.69. The maximum Gasteiger partial charge on any atom is 0.412 e. The standard InChI is InChI=1S/C11H12N2O5.C2H6/c1-8(14)6-7-12-11(15)18-10-4-2-9(3-5-10)13(16)17;1-2/h2-5H,6-7H2,1H3,(H,12,15);1-2H3. The second-order valence-corrected chi connectivity index (χ2v) is 3.52. The first-order valence-electron chi connectivity index (χ1n) is 6.18. The van der Waals surface area contributed by atoms with Crippen molar-refractivity contribution in [1.82, 2.24) is 5.32 Å². The van der Waals surface area contributed by atoms with Crippen LogP contribution in [0.4, 0.5) is 10.5 Å². The van der Waals surface area contributed by atoms with Gasteiger partial charge in [-0.25, -0.2) is 4.79 Å². The van der Waals surface area contributed by atoms with Gasteiger partial charge in [0, 0.05) is 25.1 Å². The smallest absolute Gasteiger partial charge is 0.410 e. The third-order valence-corrected chi connectivity index (χ3v) is 2.00. The van der Waals surface area contributed by atoms with Gasteiger partial charge in [0.2, 0.25) is 0 Å². The van der Waals surface area contributed by atoms with Crippen molar-refractivity contribution in [3.8, 4) is 5.75 Å². The van der Waals surface area contributed by atoms with E-state index in [-0.39, 0.29) is 30.2 Å². The van der Waals surface area contributed by atoms with Crippen molar-refractivity contribution in [2.24, 2.45) is 0 Å². The molecule has 1 amide bonds. The first-order chi connectivity index (χ1) is 9.49. The predicted molar refractivity (Wildman–Crippen MR) is 73.8 cm³/mol. The molecule has 0 aliphatic rings. The number of nitrogens with zero attached hydrogens (tertiary/aromatic N) is 1. The summed E-state index contributed by atoms with van der Waals surface area (Å²) >= 11 is 0. The summed E-state index contributed by atoms with van der Waals surface area (Å²) in [5.74, 6) is 0.159. The minimum absolute atomic E-state index is 0.0364. The van der Waals surface area contributed by atoms with Gasteiger partial charge in [-0.15, -0.1) is 0 Å². The quantitative estimate of drug-likeness (QED) is 0.661. The number of carbonyl (C=O) groups excluding carboxylic acids is 2. The molecule has 1 rings (SSSR count). The molecule has 1 N–H and O–H groups in total. The van der Waals surface area contributed by atoms with E-state index in [4.69, 9.17) is 4.74 Å². The fourth-order valence-electron chi connectivity index (χ4n) is 1.12. The van der Waals surface area contributed by atoms with Crippen LogP contribution in [0, 0.1) is 10.1 Å². The number of non-ortho nitro benzene ring substituents is 1. The van der Waals surface area contributed by atoms with Gasteiger partial charge >= 0.3 is 6.09 Å². The Balaban J connectivity index is 0.00000172. The average molecular weight is 282 g/mol. The van der Waals surface area contributed by atoms with Crippen molar-refractivity contribution in [2.75, 3.05) is 6.54 Å². The molecule has 7 nitrogen and oxygen atoms in total. The van der Waals surface area contributed by atoms with Crippen LogP contribution >= 0.6 is 0 Å². The lowest BCUT2D eigenvalue weighted by Crippen LogP contribution is -2.28. The van der Waals surface area contributed by atoms with E-state index in [2.05, 4.69) is 5.32 Å². The normalized spacial score (nSPS) is 8.95. The lowest BCUT2D eigenvalue weighted by atomic mass is 10.3. The highest BCUT2D eigenvalue weighted by molar-refractivity contribution is 5.76. The zero-order valence-electron chi connectivity index (χ0n) is 11.7. The highest BCUT2D eigenvalue weighted by Gasteiger charge is 2.07. The number of rotatable bonds is 5. The summed E-state index contributed by atoms with van der Waals surface area (Å²) in [4.78, 5) is 31.7. The van der Waals surface area contributed by atoms with Crippen LogP contribution in [-0.2, 0) is 4.79 Å². The molecular weight excluding hydrogens is 264 g/mol. The minimum Gasteiger partial charge on any atom is -0.410 e. The summed E-state index contributed by atoms with van der Waals surface area (Å²) in [5, 5.41) is 12.8. The van der Waals surface area contributed by atoms with E-state index in [1.54, 1.807) is 0 Å². The second-order valence-electron chi connectivity index (χ2n) is 3.52. The topological polar surface area (TPSA) is 98.5 Å². The highest BCUT2D eigenvalue weighted by Crippen LogP contribution is 2.17. The Morgan fingerprint density at radius 1 is 1.25 bits per heavy atom. The molecule has 0 bridgehead atoms. The summed E-state index contributed by atoms with van der Waals surface area (Å²) in [5.41, 5.74) is -0.0839. The number of benzene rings is 1. The van der Waals surface area contributed by atoms with Crippen LogP contribution in [0.3, 0.4) is 0 Å². The van der Waals surface area contributed by atoms with Gasteiger partial charge in [0.15, 0.2) is 0 Å². The molecule has 0 spiro atoms. The number of nitrogens with one attached hydrogen (secondary N) is 1. The fourth-order valence-corrected chi connectivity index (χ4v) is 1.12. The fraction of sp³-hybridized carbons (Fsp3) is 0.385. The molecule has 0 aliphatic carbocycles. The molecule has 0 aliphatic heterocycles. The third kappa shape index (κ3) is 7.10. The number of carbonyl (C=O) groups is 2. The van der Waals surface area contributed by atoms with Gasteiger partial charge in [-0.1, -0.05) is 13.8 Å². The van der Waals surface area contributed by atoms with Crippen molar-refractivity contribution in [2.45, 2.75) is 27.2 Å². The Morgan fingerprint density at radius 3 is 2.25 bits per heavy atom. The van der Waals surface area contributed by atoms with Crippen LogP contribution in [0.1, 0.15) is 27.2 Å². The van der Waals surface area contributed by atoms with Crippen LogP contribution in [0.25, 0.3) is 0 Å². The first kappa shape index (κ1) is 17.6. The molecule has 0 fully saturated rings. The molecule has 0 aromatic heterocycles. The number of Topliss-reactive ketones (excluding diaryl/α,β-unsaturated/α-hetero) is 1. The number of ether oxygens (including phenoxy) is 1. The lowest BCUT2D eigenvalue weighted by molar-refractivity contribution is -0.384. The first-order valence-corrected chi connectivity index (χ1v) is 6.18. The molecule has 20 heavy (non-hydrogen) atoms.